The van der Waals surface area contributed by atoms with E-state index < -0.39 is 0 Å². The molecule has 2 N–H and O–H groups in total. The number of nitrogens with one attached hydrogen (secondary N) is 2. The Hall–Kier alpha value is -2.84. The van der Waals surface area contributed by atoms with E-state index in [2.05, 4.69) is 35.7 Å². The second-order valence-electron chi connectivity index (χ2n) is 8.09. The van der Waals surface area contributed by atoms with E-state index in [0.717, 1.165) is 69.1 Å². The van der Waals surface area contributed by atoms with Gasteiger partial charge in [0.15, 0.2) is 5.82 Å². The molecule has 2 amide bonds. The summed E-state index contributed by atoms with van der Waals surface area (Å²) in [7, 11) is 1.92. The van der Waals surface area contributed by atoms with Crippen molar-refractivity contribution in [3.8, 4) is 0 Å². The summed E-state index contributed by atoms with van der Waals surface area (Å²) in [5.74, 6) is 0.877. The molecule has 0 saturated carbocycles. The molecule has 2 aromatic heterocycles. The first-order valence-corrected chi connectivity index (χ1v) is 10.4. The molecule has 2 saturated heterocycles. The molecule has 9 nitrogen and oxygen atoms in total. The van der Waals surface area contributed by atoms with Crippen molar-refractivity contribution in [1.29, 1.82) is 0 Å². The molecule has 0 bridgehead atoms. The van der Waals surface area contributed by atoms with Crippen molar-refractivity contribution in [2.24, 2.45) is 7.05 Å². The second-order valence-corrected chi connectivity index (χ2v) is 8.09. The van der Waals surface area contributed by atoms with E-state index >= 15 is 0 Å². The number of aryl methyl sites for hydroxylation is 2. The Morgan fingerprint density at radius 1 is 1.03 bits per heavy atom. The quantitative estimate of drug-likeness (QED) is 0.810. The molecule has 156 valence electrons. The number of nitrogens with zero attached hydrogens (tertiary/aromatic N) is 6. The van der Waals surface area contributed by atoms with Crippen LogP contribution in [-0.2, 0) is 7.05 Å². The van der Waals surface area contributed by atoms with E-state index in [0.29, 0.717) is 0 Å². The van der Waals surface area contributed by atoms with Crippen LogP contribution < -0.4 is 20.4 Å². The highest BCUT2D eigenvalue weighted by molar-refractivity contribution is 5.74. The van der Waals surface area contributed by atoms with Crippen LogP contribution in [0.5, 0.6) is 0 Å². The Morgan fingerprint density at radius 3 is 2.34 bits per heavy atom. The van der Waals surface area contributed by atoms with E-state index in [4.69, 9.17) is 0 Å². The molecule has 2 aliphatic heterocycles. The highest BCUT2D eigenvalue weighted by Crippen LogP contribution is 2.20. The topological polar surface area (TPSA) is 91.2 Å². The van der Waals surface area contributed by atoms with Gasteiger partial charge in [-0.1, -0.05) is 0 Å². The van der Waals surface area contributed by atoms with Crippen LogP contribution in [0.1, 0.15) is 31.4 Å². The smallest absolute Gasteiger partial charge is 0.315 e. The minimum atomic E-state index is -0.0788. The minimum absolute atomic E-state index is 0.0788. The lowest BCUT2D eigenvalue weighted by molar-refractivity contribution is 0.229. The number of amides is 2. The summed E-state index contributed by atoms with van der Waals surface area (Å²) >= 11 is 0. The predicted molar refractivity (Wildman–Crippen MR) is 112 cm³/mol. The van der Waals surface area contributed by atoms with Crippen molar-refractivity contribution < 1.29 is 4.79 Å². The second kappa shape index (κ2) is 8.67. The van der Waals surface area contributed by atoms with E-state index in [1.54, 1.807) is 0 Å². The van der Waals surface area contributed by atoms with Crippen molar-refractivity contribution in [3.05, 3.63) is 30.2 Å². The number of aromatic nitrogens is 4. The van der Waals surface area contributed by atoms with E-state index in [1.165, 1.54) is 0 Å². The van der Waals surface area contributed by atoms with Crippen molar-refractivity contribution in [3.63, 3.8) is 0 Å². The normalized spacial score (nSPS) is 22.4. The lowest BCUT2D eigenvalue weighted by Crippen LogP contribution is -2.55. The summed E-state index contributed by atoms with van der Waals surface area (Å²) in [6, 6.07) is 4.16. The van der Waals surface area contributed by atoms with E-state index in [9.17, 15) is 4.79 Å². The van der Waals surface area contributed by atoms with Gasteiger partial charge in [0, 0.05) is 51.5 Å². The van der Waals surface area contributed by atoms with Gasteiger partial charge < -0.3 is 20.4 Å². The zero-order valence-corrected chi connectivity index (χ0v) is 17.2. The Kier molecular flexibility index (Phi) is 5.82. The lowest BCUT2D eigenvalue weighted by atomic mass is 10.0. The first-order valence-electron chi connectivity index (χ1n) is 10.4. The highest BCUT2D eigenvalue weighted by atomic mass is 16.2. The first-order chi connectivity index (χ1) is 14.1. The fourth-order valence-corrected chi connectivity index (χ4v) is 4.18. The van der Waals surface area contributed by atoms with Crippen molar-refractivity contribution >= 4 is 17.5 Å². The largest absolute Gasteiger partial charge is 0.367 e. The Balaban J connectivity index is 1.28. The molecule has 2 aliphatic rings. The number of carbonyl (C=O) groups excluding carboxylic acids is 1. The zero-order valence-electron chi connectivity index (χ0n) is 17.2. The molecule has 2 unspecified atom stereocenters. The van der Waals surface area contributed by atoms with Crippen molar-refractivity contribution in [2.75, 3.05) is 36.0 Å². The number of hydrogen-bond acceptors (Lipinski definition) is 6. The van der Waals surface area contributed by atoms with Crippen LogP contribution in [0.4, 0.5) is 16.3 Å². The van der Waals surface area contributed by atoms with Crippen LogP contribution in [-0.4, -0.2) is 64.3 Å². The van der Waals surface area contributed by atoms with Gasteiger partial charge in [0.25, 0.3) is 0 Å². The maximum atomic E-state index is 12.6. The van der Waals surface area contributed by atoms with Gasteiger partial charge in [-0.25, -0.2) is 4.79 Å². The maximum Gasteiger partial charge on any atom is 0.315 e. The molecular weight excluding hydrogens is 368 g/mol. The Bertz CT molecular complexity index is 820. The summed E-state index contributed by atoms with van der Waals surface area (Å²) in [5.41, 5.74) is 2.02. The average Bonchev–Trinajstić information content (AvgIpc) is 3.15. The Morgan fingerprint density at radius 2 is 1.72 bits per heavy atom. The number of rotatable bonds is 4. The van der Waals surface area contributed by atoms with Gasteiger partial charge in [-0.15, -0.1) is 5.10 Å². The molecular formula is C20H30N8O. The van der Waals surface area contributed by atoms with Crippen LogP contribution in [0, 0.1) is 6.92 Å². The van der Waals surface area contributed by atoms with Gasteiger partial charge in [0.05, 0.1) is 17.6 Å². The van der Waals surface area contributed by atoms with Gasteiger partial charge in [0.1, 0.15) is 0 Å². The van der Waals surface area contributed by atoms with Gasteiger partial charge in [0.2, 0.25) is 0 Å². The first kappa shape index (κ1) is 19.5. The third kappa shape index (κ3) is 4.96. The van der Waals surface area contributed by atoms with Crippen LogP contribution in [0.15, 0.2) is 24.5 Å². The lowest BCUT2D eigenvalue weighted by Gasteiger charge is -2.36. The van der Waals surface area contributed by atoms with Gasteiger partial charge in [-0.05, 0) is 44.7 Å². The minimum Gasteiger partial charge on any atom is -0.367 e. The van der Waals surface area contributed by atoms with Crippen LogP contribution in [0.2, 0.25) is 0 Å². The number of hydrogen-bond donors (Lipinski definition) is 2. The summed E-state index contributed by atoms with van der Waals surface area (Å²) in [4.78, 5) is 17.1. The summed E-state index contributed by atoms with van der Waals surface area (Å²) in [5, 5.41) is 19.0. The number of anilines is 2. The molecule has 2 fully saturated rings. The Labute approximate surface area is 171 Å². The predicted octanol–water partition coefficient (Wildman–Crippen LogP) is 1.46. The van der Waals surface area contributed by atoms with Crippen LogP contribution in [0.25, 0.3) is 0 Å². The fraction of sp³-hybridized carbons (Fsp3) is 0.600. The van der Waals surface area contributed by atoms with Crippen molar-refractivity contribution in [1.82, 2.24) is 30.6 Å². The monoisotopic (exact) mass is 398 g/mol. The number of piperidine rings is 2. The van der Waals surface area contributed by atoms with Crippen LogP contribution in [0.3, 0.4) is 0 Å². The molecule has 0 aromatic carbocycles. The van der Waals surface area contributed by atoms with E-state index in [1.807, 2.05) is 43.2 Å². The van der Waals surface area contributed by atoms with Crippen molar-refractivity contribution in [2.45, 2.75) is 44.7 Å². The molecule has 4 heterocycles. The third-order valence-corrected chi connectivity index (χ3v) is 5.68. The molecule has 0 radical (unpaired) electrons. The summed E-state index contributed by atoms with van der Waals surface area (Å²) in [6.45, 7) is 5.45. The number of carbonyl (C=O) groups is 1. The molecule has 29 heavy (non-hydrogen) atoms. The fourth-order valence-electron chi connectivity index (χ4n) is 4.18. The maximum absolute atomic E-state index is 12.6. The standard InChI is InChI=1S/C20H30N8O/c1-15-7-8-19(25-24-15)28-10-4-6-17(13-28)23-20(29)22-16-5-3-9-27(12-16)18-11-21-26(2)14-18/h7-8,11,14,16-17H,3-6,9-10,12-13H2,1-2H3,(H2,22,23,29). The van der Waals surface area contributed by atoms with E-state index in [-0.39, 0.29) is 18.1 Å². The zero-order chi connectivity index (χ0) is 20.2. The molecule has 0 aliphatic carbocycles. The summed E-state index contributed by atoms with van der Waals surface area (Å²) in [6.07, 6.45) is 7.97. The number of urea groups is 1. The van der Waals surface area contributed by atoms with Gasteiger partial charge in [-0.2, -0.15) is 10.2 Å². The molecule has 0 spiro atoms. The average molecular weight is 399 g/mol. The van der Waals surface area contributed by atoms with Gasteiger partial charge >= 0.3 is 6.03 Å². The third-order valence-electron chi connectivity index (χ3n) is 5.68. The van der Waals surface area contributed by atoms with Gasteiger partial charge in [-0.3, -0.25) is 4.68 Å². The van der Waals surface area contributed by atoms with Crippen LogP contribution >= 0.6 is 0 Å². The molecule has 2 aromatic rings. The SMILES string of the molecule is Cc1ccc(N2CCCC(NC(=O)NC3CCCN(c4cnn(C)c4)C3)C2)nn1. The molecule has 9 heteroatoms. The highest BCUT2D eigenvalue weighted by Gasteiger charge is 2.25. The summed E-state index contributed by atoms with van der Waals surface area (Å²) < 4.78 is 1.81. The molecule has 4 rings (SSSR count). The molecule has 2 atom stereocenters.